The Kier molecular flexibility index (Phi) is 5.55. The first-order chi connectivity index (χ1) is 12.1. The number of Topliss-reactive ketones (excluding diaryl/α,β-unsaturated/α-hetero) is 1. The van der Waals surface area contributed by atoms with Crippen molar-refractivity contribution in [2.24, 2.45) is 0 Å². The lowest BCUT2D eigenvalue weighted by atomic mass is 10.1. The van der Waals surface area contributed by atoms with Crippen LogP contribution in [0, 0.1) is 0 Å². The first-order valence-electron chi connectivity index (χ1n) is 7.74. The minimum atomic E-state index is -0.0161. The second-order valence-electron chi connectivity index (χ2n) is 5.21. The molecule has 0 spiro atoms. The molecular formula is C18H17BrN2O3S. The van der Waals surface area contributed by atoms with E-state index in [-0.39, 0.29) is 12.3 Å². The van der Waals surface area contributed by atoms with Gasteiger partial charge in [-0.25, -0.2) is 4.98 Å². The van der Waals surface area contributed by atoms with Gasteiger partial charge in [-0.05, 0) is 59.3 Å². The lowest BCUT2D eigenvalue weighted by Gasteiger charge is -2.06. The van der Waals surface area contributed by atoms with Crippen LogP contribution >= 0.6 is 27.3 Å². The molecule has 1 heterocycles. The van der Waals surface area contributed by atoms with Crippen molar-refractivity contribution >= 4 is 48.4 Å². The second kappa shape index (κ2) is 7.84. The highest BCUT2D eigenvalue weighted by Gasteiger charge is 2.11. The summed E-state index contributed by atoms with van der Waals surface area (Å²) in [6, 6.07) is 11.1. The fourth-order valence-corrected chi connectivity index (χ4v) is 3.77. The van der Waals surface area contributed by atoms with Crippen LogP contribution in [0.5, 0.6) is 11.5 Å². The maximum atomic E-state index is 12.4. The number of nitrogens with zero attached hydrogens (tertiary/aromatic N) is 1. The molecule has 1 N–H and O–H groups in total. The van der Waals surface area contributed by atoms with Crippen LogP contribution in [0.15, 0.2) is 40.9 Å². The smallest absolute Gasteiger partial charge is 0.184 e. The Balaban J connectivity index is 1.69. The zero-order valence-electron chi connectivity index (χ0n) is 13.8. The van der Waals surface area contributed by atoms with Crippen molar-refractivity contribution in [2.45, 2.75) is 6.92 Å². The number of hydrogen-bond donors (Lipinski definition) is 1. The first kappa shape index (κ1) is 17.7. The van der Waals surface area contributed by atoms with Crippen molar-refractivity contribution in [3.63, 3.8) is 0 Å². The van der Waals surface area contributed by atoms with Crippen LogP contribution in [-0.4, -0.2) is 31.0 Å². The van der Waals surface area contributed by atoms with E-state index in [2.05, 4.69) is 26.2 Å². The van der Waals surface area contributed by atoms with E-state index in [1.165, 1.54) is 11.3 Å². The molecule has 0 aliphatic heterocycles. The number of methoxy groups -OCH3 is 1. The Bertz CT molecular complexity index is 910. The highest BCUT2D eigenvalue weighted by atomic mass is 79.9. The molecule has 2 aromatic carbocycles. The number of ketones is 1. The van der Waals surface area contributed by atoms with Crippen molar-refractivity contribution < 1.29 is 14.3 Å². The van der Waals surface area contributed by atoms with E-state index < -0.39 is 0 Å². The maximum Gasteiger partial charge on any atom is 0.184 e. The maximum absolute atomic E-state index is 12.4. The lowest BCUT2D eigenvalue weighted by Crippen LogP contribution is -2.13. The zero-order chi connectivity index (χ0) is 17.8. The van der Waals surface area contributed by atoms with Gasteiger partial charge < -0.3 is 14.8 Å². The van der Waals surface area contributed by atoms with Crippen molar-refractivity contribution in [1.29, 1.82) is 0 Å². The van der Waals surface area contributed by atoms with E-state index in [0.717, 1.165) is 20.4 Å². The summed E-state index contributed by atoms with van der Waals surface area (Å²) < 4.78 is 12.5. The molecule has 0 fully saturated rings. The molecule has 0 saturated carbocycles. The summed E-state index contributed by atoms with van der Waals surface area (Å²) in [6.45, 7) is 2.76. The van der Waals surface area contributed by atoms with Crippen LogP contribution < -0.4 is 14.8 Å². The topological polar surface area (TPSA) is 60.5 Å². The lowest BCUT2D eigenvalue weighted by molar-refractivity contribution is 0.101. The summed E-state index contributed by atoms with van der Waals surface area (Å²) in [7, 11) is 1.59. The molecule has 0 aliphatic carbocycles. The van der Waals surface area contributed by atoms with Gasteiger partial charge in [-0.1, -0.05) is 11.3 Å². The van der Waals surface area contributed by atoms with Gasteiger partial charge in [0, 0.05) is 5.56 Å². The predicted octanol–water partition coefficient (Wildman–Crippen LogP) is 4.76. The fraction of sp³-hybridized carbons (Fsp3) is 0.222. The summed E-state index contributed by atoms with van der Waals surface area (Å²) in [5.41, 5.74) is 1.50. The van der Waals surface area contributed by atoms with Gasteiger partial charge in [-0.15, -0.1) is 0 Å². The van der Waals surface area contributed by atoms with E-state index in [1.807, 2.05) is 25.1 Å². The SMILES string of the molecule is CCOc1ccc2nc(NCC(=O)c3ccc(OC)c(Br)c3)sc2c1. The first-order valence-corrected chi connectivity index (χ1v) is 9.35. The Labute approximate surface area is 158 Å². The Hall–Kier alpha value is -2.12. The van der Waals surface area contributed by atoms with Gasteiger partial charge in [-0.3, -0.25) is 4.79 Å². The number of thiazole rings is 1. The second-order valence-corrected chi connectivity index (χ2v) is 7.09. The number of hydrogen-bond acceptors (Lipinski definition) is 6. The molecule has 5 nitrogen and oxygen atoms in total. The number of rotatable bonds is 7. The summed E-state index contributed by atoms with van der Waals surface area (Å²) in [4.78, 5) is 16.9. The number of carbonyl (C=O) groups is 1. The Morgan fingerprint density at radius 2 is 2.12 bits per heavy atom. The van der Waals surface area contributed by atoms with Gasteiger partial charge in [0.2, 0.25) is 0 Å². The van der Waals surface area contributed by atoms with E-state index in [9.17, 15) is 4.79 Å². The van der Waals surface area contributed by atoms with Crippen LogP contribution in [-0.2, 0) is 0 Å². The van der Waals surface area contributed by atoms with Crippen LogP contribution in [0.1, 0.15) is 17.3 Å². The van der Waals surface area contributed by atoms with Gasteiger partial charge in [0.25, 0.3) is 0 Å². The highest BCUT2D eigenvalue weighted by Crippen LogP contribution is 2.29. The number of fused-ring (bicyclic) bond motifs is 1. The summed E-state index contributed by atoms with van der Waals surface area (Å²) in [5, 5.41) is 3.81. The van der Waals surface area contributed by atoms with Crippen molar-refractivity contribution in [3.8, 4) is 11.5 Å². The van der Waals surface area contributed by atoms with Gasteiger partial charge >= 0.3 is 0 Å². The van der Waals surface area contributed by atoms with Gasteiger partial charge in [-0.2, -0.15) is 0 Å². The average molecular weight is 421 g/mol. The van der Waals surface area contributed by atoms with Crippen LogP contribution in [0.25, 0.3) is 10.2 Å². The van der Waals surface area contributed by atoms with E-state index in [0.29, 0.717) is 23.1 Å². The summed E-state index contributed by atoms with van der Waals surface area (Å²) in [5.74, 6) is 1.50. The molecule has 0 atom stereocenters. The summed E-state index contributed by atoms with van der Waals surface area (Å²) >= 11 is 4.89. The molecule has 0 unspecified atom stereocenters. The molecule has 0 aliphatic rings. The molecule has 0 amide bonds. The third-order valence-corrected chi connectivity index (χ3v) is 5.14. The number of benzene rings is 2. The Morgan fingerprint density at radius 3 is 2.84 bits per heavy atom. The van der Waals surface area contributed by atoms with Gasteiger partial charge in [0.1, 0.15) is 11.5 Å². The van der Waals surface area contributed by atoms with Gasteiger partial charge in [0.15, 0.2) is 10.9 Å². The van der Waals surface area contributed by atoms with Crippen LogP contribution in [0.4, 0.5) is 5.13 Å². The number of aromatic nitrogens is 1. The standard InChI is InChI=1S/C18H17BrN2O3S/c1-3-24-12-5-6-14-17(9-12)25-18(21-14)20-10-15(22)11-4-7-16(23-2)13(19)8-11/h4-9H,3,10H2,1-2H3,(H,20,21). The van der Waals surface area contributed by atoms with Crippen molar-refractivity contribution in [2.75, 3.05) is 25.6 Å². The van der Waals surface area contributed by atoms with Crippen molar-refractivity contribution in [3.05, 3.63) is 46.4 Å². The largest absolute Gasteiger partial charge is 0.496 e. The fourth-order valence-electron chi connectivity index (χ4n) is 2.33. The van der Waals surface area contributed by atoms with Crippen molar-refractivity contribution in [1.82, 2.24) is 4.98 Å². The molecule has 1 aromatic heterocycles. The molecule has 130 valence electrons. The summed E-state index contributed by atoms with van der Waals surface area (Å²) in [6.07, 6.45) is 0. The highest BCUT2D eigenvalue weighted by molar-refractivity contribution is 9.10. The molecule has 25 heavy (non-hydrogen) atoms. The van der Waals surface area contributed by atoms with Crippen LogP contribution in [0.3, 0.4) is 0 Å². The molecule has 3 rings (SSSR count). The van der Waals surface area contributed by atoms with Gasteiger partial charge in [0.05, 0.1) is 35.0 Å². The van der Waals surface area contributed by atoms with E-state index >= 15 is 0 Å². The Morgan fingerprint density at radius 1 is 1.28 bits per heavy atom. The normalized spacial score (nSPS) is 10.7. The molecular weight excluding hydrogens is 404 g/mol. The molecule has 3 aromatic rings. The average Bonchev–Trinajstić information content (AvgIpc) is 3.02. The number of carbonyl (C=O) groups excluding carboxylic acids is 1. The number of anilines is 1. The number of ether oxygens (including phenoxy) is 2. The quantitative estimate of drug-likeness (QED) is 0.558. The van der Waals surface area contributed by atoms with E-state index in [1.54, 1.807) is 25.3 Å². The minimum Gasteiger partial charge on any atom is -0.496 e. The zero-order valence-corrected chi connectivity index (χ0v) is 16.2. The third-order valence-electron chi connectivity index (χ3n) is 3.54. The number of halogens is 1. The van der Waals surface area contributed by atoms with E-state index in [4.69, 9.17) is 9.47 Å². The molecule has 0 bridgehead atoms. The molecule has 0 radical (unpaired) electrons. The molecule has 0 saturated heterocycles. The van der Waals surface area contributed by atoms with Crippen LogP contribution in [0.2, 0.25) is 0 Å². The monoisotopic (exact) mass is 420 g/mol. The molecule has 7 heteroatoms. The minimum absolute atomic E-state index is 0.0161. The third kappa shape index (κ3) is 4.11. The predicted molar refractivity (Wildman–Crippen MR) is 104 cm³/mol. The number of nitrogens with one attached hydrogen (secondary N) is 1.